The maximum absolute atomic E-state index is 13.0. The molecule has 0 aromatic carbocycles. The predicted molar refractivity (Wildman–Crippen MR) is 208 cm³/mol. The summed E-state index contributed by atoms with van der Waals surface area (Å²) in [6.45, 7) is 19.3. The summed E-state index contributed by atoms with van der Waals surface area (Å²) < 4.78 is 0. The molecule has 0 atom stereocenters. The molecule has 3 aromatic rings. The third-order valence-corrected chi connectivity index (χ3v) is 10.1. The number of carbonyl (C=O) groups is 2. The highest BCUT2D eigenvalue weighted by atomic mass is 16.4. The Morgan fingerprint density at radius 3 is 1.76 bits per heavy atom. The van der Waals surface area contributed by atoms with Gasteiger partial charge in [-0.25, -0.2) is 9.97 Å². The van der Waals surface area contributed by atoms with Crippen molar-refractivity contribution in [2.24, 2.45) is 0 Å². The Hall–Kier alpha value is -4.98. The van der Waals surface area contributed by atoms with Gasteiger partial charge in [0.25, 0.3) is 0 Å². The molecule has 0 spiro atoms. The monoisotopic (exact) mass is 673 g/mol. The number of carboxylic acids is 1. The van der Waals surface area contributed by atoms with Crippen LogP contribution in [0.2, 0.25) is 0 Å². The number of allylic oxidation sites excluding steroid dienone is 4. The van der Waals surface area contributed by atoms with E-state index in [2.05, 4.69) is 68.3 Å². The van der Waals surface area contributed by atoms with E-state index in [0.29, 0.717) is 31.5 Å². The fraction of sp³-hybridized carbons (Fsp3) is 0.381. The molecular formula is C42H51N5O3. The summed E-state index contributed by atoms with van der Waals surface area (Å²) in [5.74, 6) is -0.828. The van der Waals surface area contributed by atoms with Crippen LogP contribution in [0.25, 0.3) is 56.5 Å². The lowest BCUT2D eigenvalue weighted by Crippen LogP contribution is -2.24. The second-order valence-electron chi connectivity index (χ2n) is 13.5. The van der Waals surface area contributed by atoms with E-state index in [-0.39, 0.29) is 12.3 Å². The van der Waals surface area contributed by atoms with Crippen LogP contribution in [0.5, 0.6) is 0 Å². The summed E-state index contributed by atoms with van der Waals surface area (Å²) >= 11 is 0. The minimum absolute atomic E-state index is 0.00912. The Bertz CT molecular complexity index is 2060. The zero-order valence-corrected chi connectivity index (χ0v) is 30.3. The SMILES string of the molecule is C=Cc1c(C)c2cc3[nH]c(cc4nc(cc5nc(cc1[nH]2)C(C)=C5CCC(=O)NCCCCCCCC)C(CCC(=O)O)=C4C)c(C)c3C=C. The van der Waals surface area contributed by atoms with Gasteiger partial charge < -0.3 is 20.4 Å². The number of carboxylic acid groups (broad SMARTS) is 1. The highest BCUT2D eigenvalue weighted by Crippen LogP contribution is 2.38. The van der Waals surface area contributed by atoms with E-state index in [1.54, 1.807) is 0 Å². The summed E-state index contributed by atoms with van der Waals surface area (Å²) in [6.07, 6.45) is 12.0. The molecule has 2 aliphatic heterocycles. The molecule has 1 amide bonds. The molecule has 5 rings (SSSR count). The maximum atomic E-state index is 13.0. The van der Waals surface area contributed by atoms with E-state index in [1.165, 1.54) is 25.7 Å². The quantitative estimate of drug-likeness (QED) is 0.120. The number of aryl methyl sites for hydroxylation is 2. The summed E-state index contributed by atoms with van der Waals surface area (Å²) in [4.78, 5) is 42.1. The Morgan fingerprint density at radius 1 is 0.700 bits per heavy atom. The molecule has 0 saturated heterocycles. The molecule has 0 radical (unpaired) electrons. The van der Waals surface area contributed by atoms with Gasteiger partial charge in [-0.15, -0.1) is 0 Å². The summed E-state index contributed by atoms with van der Waals surface area (Å²) in [7, 11) is 0. The number of aromatic nitrogens is 4. The fourth-order valence-electron chi connectivity index (χ4n) is 6.99. The number of carbonyl (C=O) groups excluding carboxylic acids is 1. The number of unbranched alkanes of at least 4 members (excludes halogenated alkanes) is 5. The van der Waals surface area contributed by atoms with Crippen LogP contribution in [-0.2, 0) is 9.59 Å². The third-order valence-electron chi connectivity index (χ3n) is 10.1. The van der Waals surface area contributed by atoms with E-state index in [0.717, 1.165) is 96.5 Å². The average Bonchev–Trinajstić information content (AvgIpc) is 3.75. The summed E-state index contributed by atoms with van der Waals surface area (Å²) in [5.41, 5.74) is 14.6. The highest BCUT2D eigenvalue weighted by Gasteiger charge is 2.23. The molecule has 8 heteroatoms. The highest BCUT2D eigenvalue weighted by molar-refractivity contribution is 5.97. The largest absolute Gasteiger partial charge is 0.481 e. The Morgan fingerprint density at radius 2 is 1.20 bits per heavy atom. The first-order valence-corrected chi connectivity index (χ1v) is 18.0. The standard InChI is InChI=1S/C42H51N5O3/c1-8-11-12-13-14-15-20-43-41(48)18-16-31-27(6)36-23-38-30(10-3)26(5)35(45-38)22-37-29(9-2)25(4)33(44-37)21-34-28(7)32(17-19-42(49)50)40(46-34)24-39(31)47-36/h9-10,21-24,44-45H,2-3,8,11-20H2,1,4-7H3,(H,43,48)(H,49,50). The van der Waals surface area contributed by atoms with E-state index < -0.39 is 5.97 Å². The summed E-state index contributed by atoms with van der Waals surface area (Å²) in [5, 5.41) is 12.7. The van der Waals surface area contributed by atoms with Crippen LogP contribution in [-0.4, -0.2) is 43.5 Å². The zero-order chi connectivity index (χ0) is 35.9. The molecule has 50 heavy (non-hydrogen) atoms. The molecule has 262 valence electrons. The van der Waals surface area contributed by atoms with Crippen molar-refractivity contribution in [2.75, 3.05) is 6.54 Å². The Balaban J connectivity index is 1.64. The minimum atomic E-state index is -0.859. The molecule has 8 bridgehead atoms. The predicted octanol–water partition coefficient (Wildman–Crippen LogP) is 10.2. The average molecular weight is 674 g/mol. The van der Waals surface area contributed by atoms with Gasteiger partial charge in [0.2, 0.25) is 5.91 Å². The van der Waals surface area contributed by atoms with E-state index in [9.17, 15) is 14.7 Å². The number of H-pyrrole nitrogens is 2. The molecule has 0 unspecified atom stereocenters. The van der Waals surface area contributed by atoms with E-state index in [1.807, 2.05) is 31.2 Å². The number of aliphatic carboxylic acids is 1. The second kappa shape index (κ2) is 16.2. The van der Waals surface area contributed by atoms with Crippen molar-refractivity contribution in [1.29, 1.82) is 0 Å². The van der Waals surface area contributed by atoms with Crippen LogP contribution in [0, 0.1) is 13.8 Å². The number of nitrogens with zero attached hydrogens (tertiary/aromatic N) is 2. The number of rotatable bonds is 15. The van der Waals surface area contributed by atoms with Crippen molar-refractivity contribution >= 4 is 68.4 Å². The molecular weight excluding hydrogens is 622 g/mol. The van der Waals surface area contributed by atoms with Crippen molar-refractivity contribution < 1.29 is 14.7 Å². The van der Waals surface area contributed by atoms with E-state index in [4.69, 9.17) is 9.97 Å². The van der Waals surface area contributed by atoms with Gasteiger partial charge in [0.15, 0.2) is 0 Å². The van der Waals surface area contributed by atoms with Gasteiger partial charge in [0.1, 0.15) is 0 Å². The lowest BCUT2D eigenvalue weighted by Gasteiger charge is -2.08. The van der Waals surface area contributed by atoms with Crippen molar-refractivity contribution in [3.8, 4) is 0 Å². The van der Waals surface area contributed by atoms with Gasteiger partial charge in [0, 0.05) is 52.6 Å². The lowest BCUT2D eigenvalue weighted by atomic mass is 9.98. The van der Waals surface area contributed by atoms with Gasteiger partial charge in [-0.1, -0.05) is 64.3 Å². The first kappa shape index (κ1) is 36.3. The number of amides is 1. The van der Waals surface area contributed by atoms with Gasteiger partial charge >= 0.3 is 5.97 Å². The number of aromatic amines is 2. The van der Waals surface area contributed by atoms with Crippen LogP contribution >= 0.6 is 0 Å². The third kappa shape index (κ3) is 7.91. The minimum Gasteiger partial charge on any atom is -0.481 e. The topological polar surface area (TPSA) is 124 Å². The normalized spacial score (nSPS) is 12.8. The van der Waals surface area contributed by atoms with Gasteiger partial charge in [0.05, 0.1) is 22.8 Å². The second-order valence-corrected chi connectivity index (χ2v) is 13.5. The fourth-order valence-corrected chi connectivity index (χ4v) is 6.99. The van der Waals surface area contributed by atoms with Gasteiger partial charge in [-0.3, -0.25) is 9.59 Å². The number of hydrogen-bond donors (Lipinski definition) is 4. The smallest absolute Gasteiger partial charge is 0.303 e. The number of fused-ring (bicyclic) bond motifs is 8. The van der Waals surface area contributed by atoms with Gasteiger partial charge in [-0.05, 0) is 105 Å². The molecule has 0 fully saturated rings. The Labute approximate surface area is 295 Å². The van der Waals surface area contributed by atoms with Crippen LogP contribution < -0.4 is 5.32 Å². The molecule has 4 N–H and O–H groups in total. The molecule has 5 heterocycles. The van der Waals surface area contributed by atoms with Crippen molar-refractivity contribution in [1.82, 2.24) is 25.3 Å². The molecule has 8 nitrogen and oxygen atoms in total. The van der Waals surface area contributed by atoms with E-state index >= 15 is 0 Å². The van der Waals surface area contributed by atoms with Crippen molar-refractivity contribution in [3.63, 3.8) is 0 Å². The van der Waals surface area contributed by atoms with Crippen LogP contribution in [0.15, 0.2) is 37.4 Å². The number of hydrogen-bond acceptors (Lipinski definition) is 4. The molecule has 3 aromatic heterocycles. The first-order valence-electron chi connectivity index (χ1n) is 18.0. The molecule has 2 aliphatic rings. The van der Waals surface area contributed by atoms with Crippen molar-refractivity contribution in [2.45, 2.75) is 98.8 Å². The van der Waals surface area contributed by atoms with Crippen LogP contribution in [0.1, 0.15) is 130 Å². The lowest BCUT2D eigenvalue weighted by molar-refractivity contribution is -0.136. The molecule has 0 aliphatic carbocycles. The van der Waals surface area contributed by atoms with Gasteiger partial charge in [-0.2, -0.15) is 0 Å². The van der Waals surface area contributed by atoms with Crippen LogP contribution in [0.3, 0.4) is 0 Å². The van der Waals surface area contributed by atoms with Crippen LogP contribution in [0.4, 0.5) is 0 Å². The maximum Gasteiger partial charge on any atom is 0.303 e. The van der Waals surface area contributed by atoms with Crippen molar-refractivity contribution in [3.05, 3.63) is 82.5 Å². The Kier molecular flexibility index (Phi) is 11.7. The summed E-state index contributed by atoms with van der Waals surface area (Å²) in [6, 6.07) is 8.15. The number of nitrogens with one attached hydrogen (secondary N) is 3. The first-order chi connectivity index (χ1) is 24.1. The zero-order valence-electron chi connectivity index (χ0n) is 30.3. The molecule has 0 saturated carbocycles.